The van der Waals surface area contributed by atoms with Crippen LogP contribution in [-0.4, -0.2) is 37.0 Å². The number of fused-ring (bicyclic) bond motifs is 2. The summed E-state index contributed by atoms with van der Waals surface area (Å²) >= 11 is 0. The molecule has 1 aliphatic heterocycles. The molecule has 0 saturated carbocycles. The minimum Gasteiger partial charge on any atom is -0.422 e. The lowest BCUT2D eigenvalue weighted by Gasteiger charge is -2.40. The summed E-state index contributed by atoms with van der Waals surface area (Å²) in [6.07, 6.45) is 2.83. The van der Waals surface area contributed by atoms with Crippen molar-refractivity contribution in [3.63, 3.8) is 0 Å². The van der Waals surface area contributed by atoms with Gasteiger partial charge < -0.3 is 15.2 Å². The first-order chi connectivity index (χ1) is 14.5. The molecule has 2 aliphatic rings. The maximum absolute atomic E-state index is 12.3. The second-order valence-corrected chi connectivity index (χ2v) is 7.95. The van der Waals surface area contributed by atoms with Crippen LogP contribution in [-0.2, 0) is 22.4 Å². The lowest BCUT2D eigenvalue weighted by molar-refractivity contribution is -0.137. The Labute approximate surface area is 177 Å². The van der Waals surface area contributed by atoms with E-state index < -0.39 is 0 Å². The Balaban J connectivity index is 1.84. The van der Waals surface area contributed by atoms with Gasteiger partial charge in [-0.05, 0) is 61.2 Å². The van der Waals surface area contributed by atoms with Gasteiger partial charge in [-0.1, -0.05) is 31.2 Å². The number of carbonyl (C=O) groups is 2. The first-order valence-corrected chi connectivity index (χ1v) is 10.6. The van der Waals surface area contributed by atoms with E-state index in [-0.39, 0.29) is 30.5 Å². The SMILES string of the molecule is CCC(=O)Oc1c(OC(=O)CCCN)ccc2c1-c1cccc3c1C(C2)N(C)CC3. The van der Waals surface area contributed by atoms with Crippen molar-refractivity contribution in [2.75, 3.05) is 20.1 Å². The highest BCUT2D eigenvalue weighted by atomic mass is 16.6. The van der Waals surface area contributed by atoms with Crippen LogP contribution in [0.3, 0.4) is 0 Å². The molecule has 0 amide bonds. The second-order valence-electron chi connectivity index (χ2n) is 7.95. The molecule has 6 nitrogen and oxygen atoms in total. The zero-order valence-corrected chi connectivity index (χ0v) is 17.6. The molecule has 30 heavy (non-hydrogen) atoms. The highest BCUT2D eigenvalue weighted by molar-refractivity contribution is 5.87. The lowest BCUT2D eigenvalue weighted by atomic mass is 9.77. The van der Waals surface area contributed by atoms with Crippen LogP contribution in [0.5, 0.6) is 11.5 Å². The van der Waals surface area contributed by atoms with E-state index in [1.807, 2.05) is 6.07 Å². The molecule has 0 spiro atoms. The van der Waals surface area contributed by atoms with Crippen molar-refractivity contribution in [2.45, 2.75) is 45.1 Å². The van der Waals surface area contributed by atoms with Crippen molar-refractivity contribution in [2.24, 2.45) is 5.73 Å². The third-order valence-electron chi connectivity index (χ3n) is 6.00. The summed E-state index contributed by atoms with van der Waals surface area (Å²) in [7, 11) is 2.15. The van der Waals surface area contributed by atoms with Crippen LogP contribution in [0.2, 0.25) is 0 Å². The number of benzene rings is 2. The van der Waals surface area contributed by atoms with Crippen LogP contribution < -0.4 is 15.2 Å². The van der Waals surface area contributed by atoms with E-state index in [1.165, 1.54) is 11.1 Å². The van der Waals surface area contributed by atoms with Gasteiger partial charge in [0.1, 0.15) is 0 Å². The number of carbonyl (C=O) groups excluding carboxylic acids is 2. The molecule has 4 rings (SSSR count). The Kier molecular flexibility index (Phi) is 5.88. The molecular formula is C24H28N2O4. The highest BCUT2D eigenvalue weighted by Gasteiger charge is 2.35. The van der Waals surface area contributed by atoms with Gasteiger partial charge in [0.25, 0.3) is 0 Å². The van der Waals surface area contributed by atoms with Crippen LogP contribution in [0.1, 0.15) is 48.9 Å². The number of esters is 2. The summed E-state index contributed by atoms with van der Waals surface area (Å²) in [5.74, 6) is -0.0947. The predicted molar refractivity (Wildman–Crippen MR) is 115 cm³/mol. The Hall–Kier alpha value is -2.70. The molecule has 0 saturated heterocycles. The molecule has 2 aromatic rings. The van der Waals surface area contributed by atoms with Crippen molar-refractivity contribution < 1.29 is 19.1 Å². The van der Waals surface area contributed by atoms with Gasteiger partial charge in [0.05, 0.1) is 0 Å². The summed E-state index contributed by atoms with van der Waals surface area (Å²) < 4.78 is 11.4. The van der Waals surface area contributed by atoms with E-state index in [9.17, 15) is 9.59 Å². The van der Waals surface area contributed by atoms with Gasteiger partial charge in [0.15, 0.2) is 11.5 Å². The van der Waals surface area contributed by atoms with Crippen LogP contribution in [0.25, 0.3) is 11.1 Å². The number of likely N-dealkylation sites (N-methyl/N-ethyl adjacent to an activating group) is 1. The molecule has 1 aliphatic carbocycles. The van der Waals surface area contributed by atoms with Crippen molar-refractivity contribution in [1.29, 1.82) is 0 Å². The third-order valence-corrected chi connectivity index (χ3v) is 6.00. The highest BCUT2D eigenvalue weighted by Crippen LogP contribution is 2.50. The fraction of sp³-hybridized carbons (Fsp3) is 0.417. The molecule has 6 heteroatoms. The molecule has 2 N–H and O–H groups in total. The number of nitrogens with zero attached hydrogens (tertiary/aromatic N) is 1. The standard InChI is InChI=1S/C24H28N2O4/c1-3-20(27)30-24-19(29-21(28)8-5-12-25)10-9-16-14-18-22-15(11-13-26(18)2)6-4-7-17(22)23(16)24/h4,6-7,9-10,18H,3,5,8,11-14,25H2,1-2H3. The predicted octanol–water partition coefficient (Wildman–Crippen LogP) is 3.40. The average Bonchev–Trinajstić information content (AvgIpc) is 2.76. The summed E-state index contributed by atoms with van der Waals surface area (Å²) in [5.41, 5.74) is 11.1. The van der Waals surface area contributed by atoms with Crippen molar-refractivity contribution >= 4 is 11.9 Å². The van der Waals surface area contributed by atoms with Gasteiger partial charge in [0, 0.05) is 31.0 Å². The van der Waals surface area contributed by atoms with E-state index in [0.717, 1.165) is 36.1 Å². The molecule has 1 heterocycles. The van der Waals surface area contributed by atoms with E-state index in [4.69, 9.17) is 15.2 Å². The third kappa shape index (κ3) is 3.73. The summed E-state index contributed by atoms with van der Waals surface area (Å²) in [5, 5.41) is 0. The minimum absolute atomic E-state index is 0.225. The van der Waals surface area contributed by atoms with Gasteiger partial charge in [-0.15, -0.1) is 0 Å². The minimum atomic E-state index is -0.377. The average molecular weight is 408 g/mol. The smallest absolute Gasteiger partial charge is 0.311 e. The first-order valence-electron chi connectivity index (χ1n) is 10.6. The number of rotatable bonds is 6. The van der Waals surface area contributed by atoms with Gasteiger partial charge in [-0.3, -0.25) is 14.5 Å². The van der Waals surface area contributed by atoms with E-state index in [2.05, 4.69) is 30.1 Å². The number of nitrogens with two attached hydrogens (primary N) is 1. The maximum Gasteiger partial charge on any atom is 0.311 e. The Morgan fingerprint density at radius 1 is 1.13 bits per heavy atom. The van der Waals surface area contributed by atoms with E-state index in [0.29, 0.717) is 24.8 Å². The molecule has 158 valence electrons. The monoisotopic (exact) mass is 408 g/mol. The first kappa shape index (κ1) is 20.6. The van der Waals surface area contributed by atoms with Crippen molar-refractivity contribution in [3.8, 4) is 22.6 Å². The normalized spacial score (nSPS) is 17.1. The van der Waals surface area contributed by atoms with Crippen molar-refractivity contribution in [3.05, 3.63) is 47.0 Å². The number of hydrogen-bond acceptors (Lipinski definition) is 6. The Morgan fingerprint density at radius 3 is 2.73 bits per heavy atom. The maximum atomic E-state index is 12.3. The molecule has 2 aromatic carbocycles. The molecule has 0 radical (unpaired) electrons. The van der Waals surface area contributed by atoms with Gasteiger partial charge in [-0.25, -0.2) is 0 Å². The number of ether oxygens (including phenoxy) is 2. The van der Waals surface area contributed by atoms with Gasteiger partial charge in [-0.2, -0.15) is 0 Å². The summed E-state index contributed by atoms with van der Waals surface area (Å²) in [4.78, 5) is 26.9. The quantitative estimate of drug-likeness (QED) is 0.583. The van der Waals surface area contributed by atoms with Crippen LogP contribution in [0, 0.1) is 0 Å². The zero-order valence-electron chi connectivity index (χ0n) is 17.6. The van der Waals surface area contributed by atoms with E-state index >= 15 is 0 Å². The second kappa shape index (κ2) is 8.58. The molecule has 0 fully saturated rings. The van der Waals surface area contributed by atoms with Crippen LogP contribution in [0.4, 0.5) is 0 Å². The van der Waals surface area contributed by atoms with Gasteiger partial charge >= 0.3 is 11.9 Å². The Morgan fingerprint density at radius 2 is 1.97 bits per heavy atom. The Bertz CT molecular complexity index is 985. The molecule has 0 bridgehead atoms. The topological polar surface area (TPSA) is 81.9 Å². The van der Waals surface area contributed by atoms with E-state index in [1.54, 1.807) is 13.0 Å². The van der Waals surface area contributed by atoms with Gasteiger partial charge in [0.2, 0.25) is 0 Å². The summed E-state index contributed by atoms with van der Waals surface area (Å²) in [6, 6.07) is 10.3. The molecular weight excluding hydrogens is 380 g/mol. The summed E-state index contributed by atoms with van der Waals surface area (Å²) in [6.45, 7) is 3.19. The number of hydrogen-bond donors (Lipinski definition) is 1. The van der Waals surface area contributed by atoms with Crippen molar-refractivity contribution in [1.82, 2.24) is 4.90 Å². The molecule has 0 aromatic heterocycles. The molecule has 1 atom stereocenters. The van der Waals surface area contributed by atoms with Crippen LogP contribution in [0.15, 0.2) is 30.3 Å². The molecule has 1 unspecified atom stereocenters. The fourth-order valence-corrected chi connectivity index (χ4v) is 4.44. The lowest BCUT2D eigenvalue weighted by Crippen LogP contribution is -2.35. The fourth-order valence-electron chi connectivity index (χ4n) is 4.44. The zero-order chi connectivity index (χ0) is 21.3. The van der Waals surface area contributed by atoms with Crippen LogP contribution >= 0.6 is 0 Å². The largest absolute Gasteiger partial charge is 0.422 e.